The maximum Gasteiger partial charge on any atom is 0.291 e. The van der Waals surface area contributed by atoms with Crippen LogP contribution in [0.5, 0.6) is 0 Å². The minimum absolute atomic E-state index is 0.148. The Kier molecular flexibility index (Phi) is 3.77. The third kappa shape index (κ3) is 2.59. The lowest BCUT2D eigenvalue weighted by Gasteiger charge is -2.07. The number of fused-ring (bicyclic) bond motifs is 3. The molecule has 6 heteroatoms. The normalized spacial score (nSPS) is 11.4. The molecule has 0 aliphatic carbocycles. The summed E-state index contributed by atoms with van der Waals surface area (Å²) >= 11 is 1.66. The average Bonchev–Trinajstić information content (AvgIpc) is 3.09. The van der Waals surface area contributed by atoms with E-state index in [1.54, 1.807) is 35.7 Å². The van der Waals surface area contributed by atoms with Gasteiger partial charge < -0.3 is 4.57 Å². The third-order valence-corrected chi connectivity index (χ3v) is 5.29. The van der Waals surface area contributed by atoms with Gasteiger partial charge in [-0.1, -0.05) is 18.2 Å². The van der Waals surface area contributed by atoms with E-state index in [-0.39, 0.29) is 11.4 Å². The maximum absolute atomic E-state index is 13.1. The van der Waals surface area contributed by atoms with Gasteiger partial charge in [0, 0.05) is 16.8 Å². The Morgan fingerprint density at radius 2 is 2.08 bits per heavy atom. The van der Waals surface area contributed by atoms with Crippen molar-refractivity contribution in [3.8, 4) is 0 Å². The molecule has 126 valence electrons. The van der Waals surface area contributed by atoms with Gasteiger partial charge in [-0.3, -0.25) is 4.79 Å². The second kappa shape index (κ2) is 5.97. The number of halogens is 1. The number of benzene rings is 1. The van der Waals surface area contributed by atoms with Crippen LogP contribution >= 0.6 is 11.3 Å². The summed E-state index contributed by atoms with van der Waals surface area (Å²) in [6.07, 6.45) is 3.54. The second-order valence-electron chi connectivity index (χ2n) is 5.97. The van der Waals surface area contributed by atoms with Crippen molar-refractivity contribution in [2.45, 2.75) is 20.0 Å². The van der Waals surface area contributed by atoms with Gasteiger partial charge in [0.2, 0.25) is 0 Å². The Labute approximate surface area is 147 Å². The van der Waals surface area contributed by atoms with Crippen molar-refractivity contribution >= 4 is 32.5 Å². The van der Waals surface area contributed by atoms with E-state index < -0.39 is 0 Å². The Balaban J connectivity index is 1.92. The molecule has 0 atom stereocenters. The predicted octanol–water partition coefficient (Wildman–Crippen LogP) is 4.09. The van der Waals surface area contributed by atoms with Crippen LogP contribution in [-0.2, 0) is 13.1 Å². The summed E-state index contributed by atoms with van der Waals surface area (Å²) in [5, 5.41) is 5.21. The lowest BCUT2D eigenvalue weighted by atomic mass is 10.2. The summed E-state index contributed by atoms with van der Waals surface area (Å²) in [4.78, 5) is 14.2. The molecule has 0 saturated carbocycles. The summed E-state index contributed by atoms with van der Waals surface area (Å²) < 4.78 is 17.6. The predicted molar refractivity (Wildman–Crippen MR) is 99.8 cm³/mol. The molecule has 0 bridgehead atoms. The van der Waals surface area contributed by atoms with E-state index in [9.17, 15) is 9.18 Å². The van der Waals surface area contributed by atoms with Crippen molar-refractivity contribution in [1.82, 2.24) is 14.3 Å². The first-order valence-electron chi connectivity index (χ1n) is 7.92. The van der Waals surface area contributed by atoms with Gasteiger partial charge in [-0.05, 0) is 30.7 Å². The quantitative estimate of drug-likeness (QED) is 0.518. The molecule has 0 radical (unpaired) electrons. The number of hydrogen-bond donors (Lipinski definition) is 0. The molecule has 25 heavy (non-hydrogen) atoms. The Morgan fingerprint density at radius 1 is 1.32 bits per heavy atom. The molecule has 0 N–H and O–H groups in total. The van der Waals surface area contributed by atoms with Gasteiger partial charge in [0.25, 0.3) is 5.56 Å². The molecule has 4 aromatic rings. The summed E-state index contributed by atoms with van der Waals surface area (Å²) in [5.74, 6) is -0.296. The van der Waals surface area contributed by atoms with Crippen LogP contribution < -0.4 is 5.56 Å². The number of aryl methyl sites for hydroxylation is 1. The van der Waals surface area contributed by atoms with Gasteiger partial charge in [-0.25, -0.2) is 9.07 Å². The van der Waals surface area contributed by atoms with Gasteiger partial charge in [-0.15, -0.1) is 17.9 Å². The molecule has 4 rings (SSSR count). The van der Waals surface area contributed by atoms with Crippen molar-refractivity contribution < 1.29 is 4.39 Å². The van der Waals surface area contributed by atoms with Gasteiger partial charge in [0.05, 0.1) is 23.0 Å². The fourth-order valence-electron chi connectivity index (χ4n) is 3.11. The first-order valence-corrected chi connectivity index (χ1v) is 8.74. The summed E-state index contributed by atoms with van der Waals surface area (Å²) in [6, 6.07) is 8.19. The highest BCUT2D eigenvalue weighted by atomic mass is 32.1. The molecule has 0 aliphatic heterocycles. The fraction of sp³-hybridized carbons (Fsp3) is 0.158. The summed E-state index contributed by atoms with van der Waals surface area (Å²) in [7, 11) is 0. The average molecular weight is 353 g/mol. The molecule has 4 nitrogen and oxygen atoms in total. The first kappa shape index (κ1) is 15.8. The Hall–Kier alpha value is -2.73. The van der Waals surface area contributed by atoms with E-state index in [1.165, 1.54) is 21.7 Å². The van der Waals surface area contributed by atoms with Crippen molar-refractivity contribution in [1.29, 1.82) is 0 Å². The highest BCUT2D eigenvalue weighted by Gasteiger charge is 2.17. The van der Waals surface area contributed by atoms with Crippen LogP contribution in [0.15, 0.2) is 54.0 Å². The van der Waals surface area contributed by atoms with E-state index >= 15 is 0 Å². The zero-order valence-electron chi connectivity index (χ0n) is 13.7. The molecule has 1 aromatic carbocycles. The minimum atomic E-state index is -0.296. The van der Waals surface area contributed by atoms with Crippen LogP contribution in [0, 0.1) is 12.7 Å². The van der Waals surface area contributed by atoms with Gasteiger partial charge >= 0.3 is 0 Å². The monoisotopic (exact) mass is 353 g/mol. The molecule has 3 aromatic heterocycles. The first-order chi connectivity index (χ1) is 12.1. The molecule has 0 aliphatic rings. The number of thiophene rings is 1. The van der Waals surface area contributed by atoms with Gasteiger partial charge in [-0.2, -0.15) is 5.10 Å². The van der Waals surface area contributed by atoms with E-state index in [2.05, 4.69) is 24.7 Å². The summed E-state index contributed by atoms with van der Waals surface area (Å²) in [5.41, 5.74) is 2.36. The van der Waals surface area contributed by atoms with Gasteiger partial charge in [0.15, 0.2) is 0 Å². The van der Waals surface area contributed by atoms with E-state index in [0.717, 1.165) is 21.2 Å². The largest absolute Gasteiger partial charge is 0.331 e. The smallest absolute Gasteiger partial charge is 0.291 e. The van der Waals surface area contributed by atoms with Crippen LogP contribution in [-0.4, -0.2) is 14.3 Å². The summed E-state index contributed by atoms with van der Waals surface area (Å²) in [6.45, 7) is 6.73. The lowest BCUT2D eigenvalue weighted by molar-refractivity contribution is 0.620. The van der Waals surface area contributed by atoms with Crippen LogP contribution in [0.25, 0.3) is 21.1 Å². The molecular formula is C19H16FN3OS. The van der Waals surface area contributed by atoms with Gasteiger partial charge in [0.1, 0.15) is 11.3 Å². The Bertz CT molecular complexity index is 1150. The highest BCUT2D eigenvalue weighted by molar-refractivity contribution is 7.20. The van der Waals surface area contributed by atoms with Crippen LogP contribution in [0.3, 0.4) is 0 Å². The maximum atomic E-state index is 13.1. The molecule has 0 unspecified atom stereocenters. The molecule has 3 heterocycles. The van der Waals surface area contributed by atoms with Crippen LogP contribution in [0.4, 0.5) is 4.39 Å². The molecular weight excluding hydrogens is 337 g/mol. The molecule has 0 fully saturated rings. The lowest BCUT2D eigenvalue weighted by Crippen LogP contribution is -2.24. The number of rotatable bonds is 4. The zero-order valence-corrected chi connectivity index (χ0v) is 14.5. The fourth-order valence-corrected chi connectivity index (χ4v) is 4.14. The Morgan fingerprint density at radius 3 is 2.80 bits per heavy atom. The van der Waals surface area contributed by atoms with Crippen LogP contribution in [0.2, 0.25) is 0 Å². The highest BCUT2D eigenvalue weighted by Crippen LogP contribution is 2.33. The SMILES string of the molecule is C=CCn1c2cc(C)sc2c2cnn(Cc3ccc(F)cc3)c(=O)c21. The van der Waals surface area contributed by atoms with Crippen molar-refractivity contribution in [3.05, 3.63) is 75.8 Å². The number of aromatic nitrogens is 3. The third-order valence-electron chi connectivity index (χ3n) is 4.22. The second-order valence-corrected chi connectivity index (χ2v) is 7.22. The van der Waals surface area contributed by atoms with E-state index in [4.69, 9.17) is 0 Å². The number of nitrogens with zero attached hydrogens (tertiary/aromatic N) is 3. The zero-order chi connectivity index (χ0) is 17.6. The minimum Gasteiger partial charge on any atom is -0.331 e. The van der Waals surface area contributed by atoms with E-state index in [1.807, 2.05) is 4.57 Å². The topological polar surface area (TPSA) is 39.8 Å². The molecule has 0 amide bonds. The van der Waals surface area contributed by atoms with Crippen molar-refractivity contribution in [2.24, 2.45) is 0 Å². The van der Waals surface area contributed by atoms with Crippen molar-refractivity contribution in [3.63, 3.8) is 0 Å². The van der Waals surface area contributed by atoms with Crippen LogP contribution in [0.1, 0.15) is 10.4 Å². The number of hydrogen-bond acceptors (Lipinski definition) is 3. The van der Waals surface area contributed by atoms with Crippen molar-refractivity contribution in [2.75, 3.05) is 0 Å². The van der Waals surface area contributed by atoms with E-state index in [0.29, 0.717) is 18.6 Å². The standard InChI is InChI=1S/C19H16FN3OS/c1-3-8-22-16-9-12(2)25-18(16)15-10-21-23(19(24)17(15)22)11-13-4-6-14(20)7-5-13/h3-7,9-10H,1,8,11H2,2H3. The molecule has 0 saturated heterocycles. The molecule has 0 spiro atoms. The number of allylic oxidation sites excluding steroid dienone is 1.